The minimum absolute atomic E-state index is 0.0418. The van der Waals surface area contributed by atoms with Crippen LogP contribution >= 0.6 is 12.2 Å². The van der Waals surface area contributed by atoms with E-state index in [-0.39, 0.29) is 11.9 Å². The molecule has 0 bridgehead atoms. The van der Waals surface area contributed by atoms with Gasteiger partial charge in [-0.1, -0.05) is 24.4 Å². The molecule has 0 radical (unpaired) electrons. The zero-order valence-electron chi connectivity index (χ0n) is 11.6. The molecule has 2 rings (SSSR count). The highest BCUT2D eigenvalue weighted by Gasteiger charge is 2.21. The normalized spacial score (nSPS) is 12.3. The van der Waals surface area contributed by atoms with Gasteiger partial charge >= 0.3 is 0 Å². The summed E-state index contributed by atoms with van der Waals surface area (Å²) < 4.78 is 1.90. The summed E-state index contributed by atoms with van der Waals surface area (Å²) in [5.41, 5.74) is 7.38. The quantitative estimate of drug-likeness (QED) is 0.820. The van der Waals surface area contributed by atoms with Crippen molar-refractivity contribution in [2.24, 2.45) is 5.73 Å². The number of rotatable bonds is 5. The highest BCUT2D eigenvalue weighted by Crippen LogP contribution is 2.21. The first-order chi connectivity index (χ1) is 9.54. The Morgan fingerprint density at radius 1 is 1.50 bits per heavy atom. The van der Waals surface area contributed by atoms with Crippen LogP contribution < -0.4 is 11.1 Å². The second-order valence-electron chi connectivity index (χ2n) is 4.60. The van der Waals surface area contributed by atoms with E-state index in [1.807, 2.05) is 42.7 Å². The van der Waals surface area contributed by atoms with Crippen LogP contribution in [0.25, 0.3) is 11.0 Å². The summed E-state index contributed by atoms with van der Waals surface area (Å²) in [6.45, 7) is 4.34. The topological polar surface area (TPSA) is 72.9 Å². The standard InChI is InChI=1S/C14H18N4OS/c1-3-16-14(19)9(2)18-11-7-5-4-6-10(11)17-13(18)8-12(15)20/h4-7,9H,3,8H2,1-2H3,(H2,15,20)(H,16,19). The van der Waals surface area contributed by atoms with Gasteiger partial charge in [-0.2, -0.15) is 0 Å². The summed E-state index contributed by atoms with van der Waals surface area (Å²) >= 11 is 4.97. The van der Waals surface area contributed by atoms with Gasteiger partial charge in [0.05, 0.1) is 22.4 Å². The van der Waals surface area contributed by atoms with Crippen molar-refractivity contribution < 1.29 is 4.79 Å². The first-order valence-electron chi connectivity index (χ1n) is 6.56. The summed E-state index contributed by atoms with van der Waals surface area (Å²) in [6, 6.07) is 7.35. The van der Waals surface area contributed by atoms with Crippen LogP contribution in [-0.4, -0.2) is 27.0 Å². The molecule has 0 aliphatic heterocycles. The van der Waals surface area contributed by atoms with Gasteiger partial charge in [0.2, 0.25) is 5.91 Å². The largest absolute Gasteiger partial charge is 0.393 e. The number of amides is 1. The molecule has 6 heteroatoms. The van der Waals surface area contributed by atoms with Crippen molar-refractivity contribution in [1.82, 2.24) is 14.9 Å². The third-order valence-corrected chi connectivity index (χ3v) is 3.26. The number of nitrogens with one attached hydrogen (secondary N) is 1. The van der Waals surface area contributed by atoms with Gasteiger partial charge in [-0.05, 0) is 26.0 Å². The zero-order valence-corrected chi connectivity index (χ0v) is 12.4. The van der Waals surface area contributed by atoms with Gasteiger partial charge in [-0.15, -0.1) is 0 Å². The second-order valence-corrected chi connectivity index (χ2v) is 5.12. The number of fused-ring (bicyclic) bond motifs is 1. The molecule has 1 aromatic heterocycles. The molecule has 0 saturated carbocycles. The lowest BCUT2D eigenvalue weighted by atomic mass is 10.2. The monoisotopic (exact) mass is 290 g/mol. The van der Waals surface area contributed by atoms with Gasteiger partial charge in [0, 0.05) is 6.54 Å². The number of benzene rings is 1. The van der Waals surface area contributed by atoms with Crippen LogP contribution in [-0.2, 0) is 11.2 Å². The van der Waals surface area contributed by atoms with Crippen molar-refractivity contribution >= 4 is 34.1 Å². The molecule has 1 unspecified atom stereocenters. The molecule has 5 nitrogen and oxygen atoms in total. The lowest BCUT2D eigenvalue weighted by molar-refractivity contribution is -0.123. The average molecular weight is 290 g/mol. The van der Waals surface area contributed by atoms with Gasteiger partial charge in [0.15, 0.2) is 0 Å². The summed E-state index contributed by atoms with van der Waals surface area (Å²) in [5.74, 6) is 0.678. The average Bonchev–Trinajstić information content (AvgIpc) is 2.75. The van der Waals surface area contributed by atoms with E-state index in [2.05, 4.69) is 10.3 Å². The summed E-state index contributed by atoms with van der Waals surface area (Å²) in [5, 5.41) is 2.83. The number of hydrogen-bond donors (Lipinski definition) is 2. The minimum atomic E-state index is -0.355. The van der Waals surface area contributed by atoms with Crippen molar-refractivity contribution in [3.05, 3.63) is 30.1 Å². The van der Waals surface area contributed by atoms with Crippen molar-refractivity contribution in [3.8, 4) is 0 Å². The molecule has 0 saturated heterocycles. The van der Waals surface area contributed by atoms with Gasteiger partial charge < -0.3 is 15.6 Å². The fourth-order valence-corrected chi connectivity index (χ4v) is 2.38. The van der Waals surface area contributed by atoms with Gasteiger partial charge in [0.25, 0.3) is 0 Å². The van der Waals surface area contributed by atoms with E-state index in [4.69, 9.17) is 18.0 Å². The highest BCUT2D eigenvalue weighted by atomic mass is 32.1. The molecular formula is C14H18N4OS. The SMILES string of the molecule is CCNC(=O)C(C)n1c(CC(N)=S)nc2ccccc21. The fraction of sp³-hybridized carbons (Fsp3) is 0.357. The molecule has 0 fully saturated rings. The summed E-state index contributed by atoms with van der Waals surface area (Å²) in [4.78, 5) is 17.0. The highest BCUT2D eigenvalue weighted by molar-refractivity contribution is 7.80. The number of nitrogens with two attached hydrogens (primary N) is 1. The van der Waals surface area contributed by atoms with Crippen LogP contribution in [0, 0.1) is 0 Å². The van der Waals surface area contributed by atoms with E-state index in [1.165, 1.54) is 0 Å². The molecular weight excluding hydrogens is 272 g/mol. The smallest absolute Gasteiger partial charge is 0.242 e. The molecule has 106 valence electrons. The third kappa shape index (κ3) is 2.80. The van der Waals surface area contributed by atoms with E-state index >= 15 is 0 Å². The maximum atomic E-state index is 12.1. The number of imidazole rings is 1. The first-order valence-corrected chi connectivity index (χ1v) is 6.97. The van der Waals surface area contributed by atoms with Gasteiger partial charge in [0.1, 0.15) is 11.9 Å². The summed E-state index contributed by atoms with van der Waals surface area (Å²) in [7, 11) is 0. The maximum absolute atomic E-state index is 12.1. The lowest BCUT2D eigenvalue weighted by Crippen LogP contribution is -2.32. The number of para-hydroxylation sites is 2. The Kier molecular flexibility index (Phi) is 4.34. The van der Waals surface area contributed by atoms with Crippen molar-refractivity contribution in [2.75, 3.05) is 6.54 Å². The lowest BCUT2D eigenvalue weighted by Gasteiger charge is -2.16. The molecule has 1 atom stereocenters. The second kappa shape index (κ2) is 6.00. The van der Waals surface area contributed by atoms with E-state index in [9.17, 15) is 4.79 Å². The maximum Gasteiger partial charge on any atom is 0.242 e. The van der Waals surface area contributed by atoms with Crippen LogP contribution in [0.15, 0.2) is 24.3 Å². The van der Waals surface area contributed by atoms with E-state index in [0.29, 0.717) is 18.0 Å². The number of hydrogen-bond acceptors (Lipinski definition) is 3. The van der Waals surface area contributed by atoms with E-state index < -0.39 is 0 Å². The minimum Gasteiger partial charge on any atom is -0.393 e. The molecule has 1 aromatic carbocycles. The van der Waals surface area contributed by atoms with E-state index in [1.54, 1.807) is 0 Å². The van der Waals surface area contributed by atoms with E-state index in [0.717, 1.165) is 16.9 Å². The Morgan fingerprint density at radius 2 is 2.20 bits per heavy atom. The predicted molar refractivity (Wildman–Crippen MR) is 83.6 cm³/mol. The zero-order chi connectivity index (χ0) is 14.7. The first kappa shape index (κ1) is 14.5. The predicted octanol–water partition coefficient (Wildman–Crippen LogP) is 1.56. The van der Waals surface area contributed by atoms with Crippen molar-refractivity contribution in [2.45, 2.75) is 26.3 Å². The summed E-state index contributed by atoms with van der Waals surface area (Å²) in [6.07, 6.45) is 0.383. The van der Waals surface area contributed by atoms with Crippen LogP contribution in [0.2, 0.25) is 0 Å². The Morgan fingerprint density at radius 3 is 2.85 bits per heavy atom. The molecule has 2 aromatic rings. The Bertz CT molecular complexity index is 650. The number of carbonyl (C=O) groups excluding carboxylic acids is 1. The van der Waals surface area contributed by atoms with Gasteiger partial charge in [-0.25, -0.2) is 4.98 Å². The van der Waals surface area contributed by atoms with Crippen molar-refractivity contribution in [3.63, 3.8) is 0 Å². The molecule has 1 heterocycles. The molecule has 20 heavy (non-hydrogen) atoms. The molecule has 0 aliphatic rings. The van der Waals surface area contributed by atoms with Crippen molar-refractivity contribution in [1.29, 1.82) is 0 Å². The third-order valence-electron chi connectivity index (χ3n) is 3.12. The fourth-order valence-electron chi connectivity index (χ4n) is 2.25. The molecule has 3 N–H and O–H groups in total. The van der Waals surface area contributed by atoms with Crippen LogP contribution in [0.4, 0.5) is 0 Å². The Balaban J connectivity index is 2.52. The Hall–Kier alpha value is -1.95. The molecule has 0 aliphatic carbocycles. The number of likely N-dealkylation sites (N-methyl/N-ethyl adjacent to an activating group) is 1. The van der Waals surface area contributed by atoms with Crippen LogP contribution in [0.3, 0.4) is 0 Å². The number of nitrogens with zero attached hydrogens (tertiary/aromatic N) is 2. The molecule has 1 amide bonds. The number of aromatic nitrogens is 2. The molecule has 0 spiro atoms. The van der Waals surface area contributed by atoms with Crippen LogP contribution in [0.1, 0.15) is 25.7 Å². The number of thiocarbonyl (C=S) groups is 1. The van der Waals surface area contributed by atoms with Crippen LogP contribution in [0.5, 0.6) is 0 Å². The Labute approximate surface area is 123 Å². The van der Waals surface area contributed by atoms with Gasteiger partial charge in [-0.3, -0.25) is 4.79 Å². The number of carbonyl (C=O) groups is 1.